The third kappa shape index (κ3) is 4.72. The molecule has 0 radical (unpaired) electrons. The van der Waals surface area contributed by atoms with Gasteiger partial charge in [-0.2, -0.15) is 0 Å². The largest absolute Gasteiger partial charge is 0.351 e. The van der Waals surface area contributed by atoms with E-state index in [1.807, 2.05) is 6.92 Å². The zero-order valence-corrected chi connectivity index (χ0v) is 17.8. The van der Waals surface area contributed by atoms with E-state index < -0.39 is 16.1 Å². The molecule has 2 aliphatic rings. The van der Waals surface area contributed by atoms with Gasteiger partial charge in [0.05, 0.1) is 4.90 Å². The van der Waals surface area contributed by atoms with Gasteiger partial charge in [-0.1, -0.05) is 26.0 Å². The molecular weight excluding hydrogens is 376 g/mol. The minimum absolute atomic E-state index is 0.000191. The van der Waals surface area contributed by atoms with E-state index in [1.54, 1.807) is 25.1 Å². The van der Waals surface area contributed by atoms with Gasteiger partial charge in [0, 0.05) is 31.2 Å². The number of carbonyl (C=O) groups is 1. The number of hydrogen-bond donors (Lipinski definition) is 2. The van der Waals surface area contributed by atoms with E-state index >= 15 is 0 Å². The first-order valence-corrected chi connectivity index (χ1v) is 11.4. The lowest BCUT2D eigenvalue weighted by atomic mass is 9.92. The molecule has 1 saturated heterocycles. The highest BCUT2D eigenvalue weighted by molar-refractivity contribution is 7.90. The van der Waals surface area contributed by atoms with E-state index in [2.05, 4.69) is 33.8 Å². The molecule has 2 aliphatic heterocycles. The number of rotatable bonds is 5. The molecule has 0 aliphatic carbocycles. The van der Waals surface area contributed by atoms with Gasteiger partial charge in [0.1, 0.15) is 11.9 Å². The highest BCUT2D eigenvalue weighted by Gasteiger charge is 2.31. The Morgan fingerprint density at radius 1 is 1.25 bits per heavy atom. The van der Waals surface area contributed by atoms with Gasteiger partial charge < -0.3 is 10.2 Å². The molecule has 3 unspecified atom stereocenters. The molecular formula is C20H30N4O3S. The summed E-state index contributed by atoms with van der Waals surface area (Å²) in [5.74, 6) is 1.37. The van der Waals surface area contributed by atoms with Crippen LogP contribution in [0.25, 0.3) is 0 Å². The van der Waals surface area contributed by atoms with Crippen LogP contribution in [0, 0.1) is 11.8 Å². The molecule has 1 fully saturated rings. The monoisotopic (exact) mass is 406 g/mol. The van der Waals surface area contributed by atoms with Crippen molar-refractivity contribution in [2.75, 3.05) is 19.6 Å². The molecule has 3 rings (SSSR count). The molecule has 2 heterocycles. The van der Waals surface area contributed by atoms with E-state index in [-0.39, 0.29) is 22.7 Å². The highest BCUT2D eigenvalue weighted by atomic mass is 32.2. The van der Waals surface area contributed by atoms with Crippen LogP contribution < -0.4 is 10.0 Å². The summed E-state index contributed by atoms with van der Waals surface area (Å²) in [6.07, 6.45) is 1.25. The molecule has 4 atom stereocenters. The number of hydrogen-bond acceptors (Lipinski definition) is 5. The van der Waals surface area contributed by atoms with Crippen molar-refractivity contribution >= 4 is 21.8 Å². The third-order valence-corrected chi connectivity index (χ3v) is 6.63. The summed E-state index contributed by atoms with van der Waals surface area (Å²) in [7, 11) is -3.60. The van der Waals surface area contributed by atoms with Crippen LogP contribution in [0.5, 0.6) is 0 Å². The van der Waals surface area contributed by atoms with Crippen LogP contribution in [0.2, 0.25) is 0 Å². The molecule has 8 heteroatoms. The predicted octanol–water partition coefficient (Wildman–Crippen LogP) is 1.60. The molecule has 0 saturated carbocycles. The van der Waals surface area contributed by atoms with Gasteiger partial charge in [0.15, 0.2) is 0 Å². The zero-order valence-electron chi connectivity index (χ0n) is 17.0. The second kappa shape index (κ2) is 8.21. The maximum atomic E-state index is 12.6. The van der Waals surface area contributed by atoms with Crippen molar-refractivity contribution in [3.63, 3.8) is 0 Å². The van der Waals surface area contributed by atoms with Crippen molar-refractivity contribution in [3.05, 3.63) is 29.8 Å². The fourth-order valence-electron chi connectivity index (χ4n) is 4.22. The van der Waals surface area contributed by atoms with Crippen LogP contribution >= 0.6 is 0 Å². The Morgan fingerprint density at radius 2 is 1.89 bits per heavy atom. The fourth-order valence-corrected chi connectivity index (χ4v) is 5.46. The SMILES string of the molecule is CC1CC(C)CN(CC(C)NC(=O)[C@H](C)N=C2NS(=O)(=O)c3ccccc32)C1. The van der Waals surface area contributed by atoms with Crippen molar-refractivity contribution in [1.82, 2.24) is 14.9 Å². The van der Waals surface area contributed by atoms with Gasteiger partial charge in [-0.3, -0.25) is 14.5 Å². The second-order valence-corrected chi connectivity index (χ2v) is 9.98. The topological polar surface area (TPSA) is 90.9 Å². The summed E-state index contributed by atoms with van der Waals surface area (Å²) in [5, 5.41) is 3.01. The molecule has 1 aromatic rings. The van der Waals surface area contributed by atoms with E-state index in [4.69, 9.17) is 0 Å². The second-order valence-electron chi connectivity index (χ2n) is 8.33. The molecule has 2 N–H and O–H groups in total. The Balaban J connectivity index is 1.61. The first-order chi connectivity index (χ1) is 13.2. The number of nitrogens with zero attached hydrogens (tertiary/aromatic N) is 2. The lowest BCUT2D eigenvalue weighted by Gasteiger charge is -2.36. The Labute approximate surface area is 167 Å². The average molecular weight is 407 g/mol. The number of carbonyl (C=O) groups excluding carboxylic acids is 1. The minimum Gasteiger partial charge on any atom is -0.351 e. The molecule has 28 heavy (non-hydrogen) atoms. The lowest BCUT2D eigenvalue weighted by molar-refractivity contribution is -0.122. The average Bonchev–Trinajstić information content (AvgIpc) is 2.84. The lowest BCUT2D eigenvalue weighted by Crippen LogP contribution is -2.48. The van der Waals surface area contributed by atoms with Crippen LogP contribution in [-0.4, -0.2) is 56.8 Å². The molecule has 7 nitrogen and oxygen atoms in total. The van der Waals surface area contributed by atoms with Crippen LogP contribution in [0.3, 0.4) is 0 Å². The summed E-state index contributed by atoms with van der Waals surface area (Å²) < 4.78 is 26.8. The van der Waals surface area contributed by atoms with Crippen LogP contribution in [-0.2, 0) is 14.8 Å². The molecule has 0 bridgehead atoms. The van der Waals surface area contributed by atoms with Gasteiger partial charge in [-0.25, -0.2) is 8.42 Å². The van der Waals surface area contributed by atoms with Gasteiger partial charge >= 0.3 is 0 Å². The smallest absolute Gasteiger partial charge is 0.263 e. The fraction of sp³-hybridized carbons (Fsp3) is 0.600. The number of nitrogens with one attached hydrogen (secondary N) is 2. The van der Waals surface area contributed by atoms with Gasteiger partial charge in [0.25, 0.3) is 10.0 Å². The van der Waals surface area contributed by atoms with E-state index in [0.29, 0.717) is 17.4 Å². The van der Waals surface area contributed by atoms with Crippen molar-refractivity contribution < 1.29 is 13.2 Å². The summed E-state index contributed by atoms with van der Waals surface area (Å²) in [6, 6.07) is 5.96. The Kier molecular flexibility index (Phi) is 6.09. The number of sulfonamides is 1. The van der Waals surface area contributed by atoms with Crippen LogP contribution in [0.4, 0.5) is 0 Å². The number of benzene rings is 1. The molecule has 0 aromatic heterocycles. The normalized spacial score (nSPS) is 27.6. The Bertz CT molecular complexity index is 858. The van der Waals surface area contributed by atoms with Crippen LogP contribution in [0.1, 0.15) is 39.7 Å². The van der Waals surface area contributed by atoms with E-state index in [0.717, 1.165) is 19.6 Å². The van der Waals surface area contributed by atoms with E-state index in [1.165, 1.54) is 12.5 Å². The zero-order chi connectivity index (χ0) is 20.5. The number of aliphatic imine (C=N–C) groups is 1. The van der Waals surface area contributed by atoms with Crippen molar-refractivity contribution in [2.45, 2.75) is 51.1 Å². The van der Waals surface area contributed by atoms with Crippen LogP contribution in [0.15, 0.2) is 34.2 Å². The minimum atomic E-state index is -3.60. The first-order valence-electron chi connectivity index (χ1n) is 9.88. The number of amidine groups is 1. The van der Waals surface area contributed by atoms with Crippen molar-refractivity contribution in [1.29, 1.82) is 0 Å². The molecule has 1 aromatic carbocycles. The number of fused-ring (bicyclic) bond motifs is 1. The summed E-state index contributed by atoms with van der Waals surface area (Å²) >= 11 is 0. The summed E-state index contributed by atoms with van der Waals surface area (Å²) in [6.45, 7) is 11.1. The Hall–Kier alpha value is -1.93. The Morgan fingerprint density at radius 3 is 2.57 bits per heavy atom. The number of likely N-dealkylation sites (tertiary alicyclic amines) is 1. The maximum Gasteiger partial charge on any atom is 0.263 e. The highest BCUT2D eigenvalue weighted by Crippen LogP contribution is 2.23. The van der Waals surface area contributed by atoms with Gasteiger partial charge in [0.2, 0.25) is 5.91 Å². The maximum absolute atomic E-state index is 12.6. The number of amides is 1. The third-order valence-electron chi connectivity index (χ3n) is 5.23. The standard InChI is InChI=1S/C20H30N4O3S/c1-13-9-14(2)11-24(10-13)12-15(3)21-20(25)16(4)22-19-17-7-5-6-8-18(17)28(26,27)23-19/h5-8,13-16H,9-12H2,1-4H3,(H,21,25)(H,22,23)/t13?,14?,15?,16-/m0/s1. The molecule has 154 valence electrons. The quantitative estimate of drug-likeness (QED) is 0.777. The molecule has 0 spiro atoms. The van der Waals surface area contributed by atoms with Gasteiger partial charge in [-0.15, -0.1) is 0 Å². The first kappa shape index (κ1) is 20.8. The summed E-state index contributed by atoms with van der Waals surface area (Å²) in [5.41, 5.74) is 0.506. The number of piperidine rings is 1. The molecule has 1 amide bonds. The summed E-state index contributed by atoms with van der Waals surface area (Å²) in [4.78, 5) is 19.5. The predicted molar refractivity (Wildman–Crippen MR) is 110 cm³/mol. The van der Waals surface area contributed by atoms with Crippen molar-refractivity contribution in [3.8, 4) is 0 Å². The van der Waals surface area contributed by atoms with Crippen molar-refractivity contribution in [2.24, 2.45) is 16.8 Å². The van der Waals surface area contributed by atoms with E-state index in [9.17, 15) is 13.2 Å². The van der Waals surface area contributed by atoms with Gasteiger partial charge in [-0.05, 0) is 44.2 Å².